The minimum absolute atomic E-state index is 0.272. The Morgan fingerprint density at radius 1 is 1.27 bits per heavy atom. The third-order valence-corrected chi connectivity index (χ3v) is 5.48. The zero-order valence-electron chi connectivity index (χ0n) is 15.7. The Hall–Kier alpha value is -2.34. The molecule has 1 aliphatic rings. The average molecular weight is 356 g/mol. The number of rotatable bonds is 5. The summed E-state index contributed by atoms with van der Waals surface area (Å²) in [7, 11) is 0. The van der Waals surface area contributed by atoms with E-state index in [1.807, 2.05) is 24.3 Å². The van der Waals surface area contributed by atoms with Crippen molar-refractivity contribution < 1.29 is 19.0 Å². The van der Waals surface area contributed by atoms with E-state index >= 15 is 0 Å². The quantitative estimate of drug-likeness (QED) is 0.534. The van der Waals surface area contributed by atoms with Gasteiger partial charge in [-0.3, -0.25) is 0 Å². The van der Waals surface area contributed by atoms with Gasteiger partial charge in [0.1, 0.15) is 29.8 Å². The van der Waals surface area contributed by atoms with Gasteiger partial charge in [0.25, 0.3) is 0 Å². The molecule has 26 heavy (non-hydrogen) atoms. The normalized spacial score (nSPS) is 15.8. The number of likely N-dealkylation sites (tertiary alicyclic amines) is 1. The third kappa shape index (κ3) is 2.88. The fourth-order valence-electron chi connectivity index (χ4n) is 4.22. The standard InChI is InChI=1S/C20H26N4O2/c1-3-26-19(25)18-15(2)21-20-23(14-13-22-11-7-4-8-12-22)16-9-5-6-10-17(16)24(18)20/h5-6,9-10H,3-4,7-8,11-14H2,1-2H3/p+2. The lowest BCUT2D eigenvalue weighted by atomic mass is 10.1. The van der Waals surface area contributed by atoms with E-state index in [1.165, 1.54) is 32.4 Å². The molecule has 1 saturated heterocycles. The van der Waals surface area contributed by atoms with Gasteiger partial charge in [-0.1, -0.05) is 12.1 Å². The van der Waals surface area contributed by atoms with Gasteiger partial charge in [0.05, 0.1) is 19.7 Å². The van der Waals surface area contributed by atoms with Crippen LogP contribution in [0, 0.1) is 6.92 Å². The zero-order valence-corrected chi connectivity index (χ0v) is 15.7. The molecule has 3 heterocycles. The zero-order chi connectivity index (χ0) is 18.1. The number of piperidine rings is 1. The largest absolute Gasteiger partial charge is 0.460 e. The molecule has 0 amide bonds. The molecule has 2 aromatic heterocycles. The van der Waals surface area contributed by atoms with E-state index in [9.17, 15) is 4.79 Å². The van der Waals surface area contributed by atoms with Crippen LogP contribution in [0.15, 0.2) is 24.3 Å². The summed E-state index contributed by atoms with van der Waals surface area (Å²) < 4.78 is 9.63. The fraction of sp³-hybridized carbons (Fsp3) is 0.500. The van der Waals surface area contributed by atoms with Gasteiger partial charge in [-0.05, 0) is 45.2 Å². The smallest absolute Gasteiger partial charge is 0.374 e. The first-order valence-corrected chi connectivity index (χ1v) is 9.73. The highest BCUT2D eigenvalue weighted by molar-refractivity contribution is 5.92. The number of carbonyl (C=O) groups excluding carboxylic acids is 1. The molecule has 1 fully saturated rings. The summed E-state index contributed by atoms with van der Waals surface area (Å²) in [6.45, 7) is 8.75. The molecule has 0 radical (unpaired) electrons. The molecule has 0 spiro atoms. The number of hydrogen-bond donors (Lipinski definition) is 2. The van der Waals surface area contributed by atoms with Crippen molar-refractivity contribution in [1.29, 1.82) is 0 Å². The topological polar surface area (TPSA) is 54.8 Å². The fourth-order valence-corrected chi connectivity index (χ4v) is 4.22. The molecule has 0 bridgehead atoms. The van der Waals surface area contributed by atoms with Crippen molar-refractivity contribution in [3.63, 3.8) is 0 Å². The van der Waals surface area contributed by atoms with Crippen LogP contribution in [0.3, 0.4) is 0 Å². The van der Waals surface area contributed by atoms with Gasteiger partial charge in [0.15, 0.2) is 0 Å². The maximum atomic E-state index is 12.5. The molecule has 1 aromatic carbocycles. The predicted molar refractivity (Wildman–Crippen MR) is 99.6 cm³/mol. The van der Waals surface area contributed by atoms with Crippen LogP contribution in [-0.2, 0) is 11.3 Å². The van der Waals surface area contributed by atoms with Gasteiger partial charge < -0.3 is 9.64 Å². The van der Waals surface area contributed by atoms with E-state index in [0.29, 0.717) is 12.3 Å². The second kappa shape index (κ2) is 7.11. The summed E-state index contributed by atoms with van der Waals surface area (Å²) >= 11 is 0. The highest BCUT2D eigenvalue weighted by Gasteiger charge is 2.30. The summed E-state index contributed by atoms with van der Waals surface area (Å²) in [5.41, 5.74) is 3.65. The number of esters is 1. The highest BCUT2D eigenvalue weighted by atomic mass is 16.5. The molecule has 0 unspecified atom stereocenters. The highest BCUT2D eigenvalue weighted by Crippen LogP contribution is 2.20. The van der Waals surface area contributed by atoms with E-state index in [0.717, 1.165) is 35.6 Å². The lowest BCUT2D eigenvalue weighted by Gasteiger charge is -2.22. The molecule has 0 atom stereocenters. The van der Waals surface area contributed by atoms with Crippen molar-refractivity contribution in [3.8, 4) is 0 Å². The Balaban J connectivity index is 1.78. The second-order valence-electron chi connectivity index (χ2n) is 7.18. The van der Waals surface area contributed by atoms with Crippen molar-refractivity contribution >= 4 is 22.8 Å². The van der Waals surface area contributed by atoms with Crippen molar-refractivity contribution in [1.82, 2.24) is 9.38 Å². The van der Waals surface area contributed by atoms with Crippen molar-refractivity contribution in [2.24, 2.45) is 0 Å². The SMILES string of the molecule is CCOC(=O)c1c(C)[nH]c2n1c1ccccc1[n+]2CC[NH+]1CCCCC1. The van der Waals surface area contributed by atoms with Crippen LogP contribution in [0.5, 0.6) is 0 Å². The first-order chi connectivity index (χ1) is 12.7. The predicted octanol–water partition coefficient (Wildman–Crippen LogP) is 1.26. The maximum absolute atomic E-state index is 12.5. The Morgan fingerprint density at radius 2 is 2.04 bits per heavy atom. The summed E-state index contributed by atoms with van der Waals surface area (Å²) in [6, 6.07) is 8.28. The molecule has 0 aliphatic carbocycles. The Labute approximate surface area is 153 Å². The van der Waals surface area contributed by atoms with Gasteiger partial charge in [0, 0.05) is 0 Å². The van der Waals surface area contributed by atoms with E-state index in [-0.39, 0.29) is 5.97 Å². The molecule has 1 aliphatic heterocycles. The first kappa shape index (κ1) is 17.1. The Bertz CT molecular complexity index is 934. The molecule has 6 nitrogen and oxygen atoms in total. The number of aromatic nitrogens is 3. The van der Waals surface area contributed by atoms with Crippen LogP contribution >= 0.6 is 0 Å². The summed E-state index contributed by atoms with van der Waals surface area (Å²) in [4.78, 5) is 17.6. The monoisotopic (exact) mass is 356 g/mol. The number of aryl methyl sites for hydroxylation is 1. The molecule has 4 rings (SSSR count). The molecule has 0 saturated carbocycles. The van der Waals surface area contributed by atoms with Crippen LogP contribution < -0.4 is 9.47 Å². The van der Waals surface area contributed by atoms with Crippen molar-refractivity contribution in [2.75, 3.05) is 26.2 Å². The lowest BCUT2D eigenvalue weighted by molar-refractivity contribution is -0.920. The van der Waals surface area contributed by atoms with E-state index in [2.05, 4.69) is 27.8 Å². The Morgan fingerprint density at radius 3 is 2.81 bits per heavy atom. The third-order valence-electron chi connectivity index (χ3n) is 5.48. The van der Waals surface area contributed by atoms with Crippen LogP contribution in [0.4, 0.5) is 0 Å². The minimum atomic E-state index is -0.272. The minimum Gasteiger partial charge on any atom is -0.460 e. The van der Waals surface area contributed by atoms with Gasteiger partial charge in [0.2, 0.25) is 5.69 Å². The van der Waals surface area contributed by atoms with Crippen LogP contribution in [0.1, 0.15) is 42.4 Å². The number of benzene rings is 1. The molecule has 6 heteroatoms. The van der Waals surface area contributed by atoms with Crippen LogP contribution in [-0.4, -0.2) is 41.6 Å². The second-order valence-corrected chi connectivity index (χ2v) is 7.18. The van der Waals surface area contributed by atoms with Crippen molar-refractivity contribution in [3.05, 3.63) is 35.7 Å². The molecular formula is C20H28N4O2+2. The van der Waals surface area contributed by atoms with Crippen LogP contribution in [0.2, 0.25) is 0 Å². The molecule has 2 N–H and O–H groups in total. The number of quaternary nitrogens is 1. The number of nitrogens with one attached hydrogen (secondary N) is 2. The van der Waals surface area contributed by atoms with Gasteiger partial charge in [-0.25, -0.2) is 14.3 Å². The van der Waals surface area contributed by atoms with E-state index in [4.69, 9.17) is 4.74 Å². The summed E-state index contributed by atoms with van der Waals surface area (Å²) in [5.74, 6) is 0.689. The number of ether oxygens (including phenoxy) is 1. The summed E-state index contributed by atoms with van der Waals surface area (Å²) in [6.07, 6.45) is 4.04. The van der Waals surface area contributed by atoms with Crippen LogP contribution in [0.25, 0.3) is 16.8 Å². The van der Waals surface area contributed by atoms with Gasteiger partial charge in [-0.15, -0.1) is 0 Å². The Kier molecular flexibility index (Phi) is 4.68. The average Bonchev–Trinajstić information content (AvgIpc) is 3.14. The number of carbonyl (C=O) groups is 1. The van der Waals surface area contributed by atoms with Crippen molar-refractivity contribution in [2.45, 2.75) is 39.7 Å². The first-order valence-electron chi connectivity index (χ1n) is 9.73. The number of aromatic amines is 1. The number of imidazole rings is 2. The number of hydrogen-bond acceptors (Lipinski definition) is 2. The van der Waals surface area contributed by atoms with Gasteiger partial charge >= 0.3 is 11.7 Å². The number of fused-ring (bicyclic) bond motifs is 3. The molecule has 138 valence electrons. The van der Waals surface area contributed by atoms with Gasteiger partial charge in [-0.2, -0.15) is 4.40 Å². The number of nitrogens with zero attached hydrogens (tertiary/aromatic N) is 2. The number of para-hydroxylation sites is 2. The number of H-pyrrole nitrogens is 1. The summed E-state index contributed by atoms with van der Waals surface area (Å²) in [5, 5.41) is 0. The molecular weight excluding hydrogens is 328 g/mol. The van der Waals surface area contributed by atoms with E-state index in [1.54, 1.807) is 4.90 Å². The molecule has 3 aromatic rings. The lowest BCUT2D eigenvalue weighted by Crippen LogP contribution is -3.13. The van der Waals surface area contributed by atoms with E-state index < -0.39 is 0 Å². The maximum Gasteiger partial charge on any atom is 0.374 e.